The van der Waals surface area contributed by atoms with Crippen LogP contribution in [0.2, 0.25) is 0 Å². The van der Waals surface area contributed by atoms with Crippen LogP contribution in [0, 0.1) is 13.8 Å². The first kappa shape index (κ1) is 18.3. The number of hydrogen-bond donors (Lipinski definition) is 1. The van der Waals surface area contributed by atoms with Crippen molar-refractivity contribution in [2.24, 2.45) is 7.05 Å². The number of Topliss-reactive ketones (excluding diaryl/α,β-unsaturated/α-hetero) is 1. The van der Waals surface area contributed by atoms with Gasteiger partial charge in [-0.2, -0.15) is 0 Å². The summed E-state index contributed by atoms with van der Waals surface area (Å²) in [7, 11) is 3.27. The standard InChI is InChI=1S/C19H21N3O3S/c1-10-15(18(24)25-5)11(2)20-16(10)17(23)12(3)26-19-21-13-8-6-7-9-14(13)22(19)4/h6-9,12,20H,1-5H3. The van der Waals surface area contributed by atoms with Crippen LogP contribution >= 0.6 is 11.8 Å². The molecule has 0 bridgehead atoms. The molecule has 0 spiro atoms. The third kappa shape index (κ3) is 3.03. The van der Waals surface area contributed by atoms with Crippen LogP contribution in [0.5, 0.6) is 0 Å². The zero-order valence-electron chi connectivity index (χ0n) is 15.4. The van der Waals surface area contributed by atoms with Crippen molar-refractivity contribution < 1.29 is 14.3 Å². The number of H-pyrrole nitrogens is 1. The van der Waals surface area contributed by atoms with Crippen molar-refractivity contribution in [3.63, 3.8) is 0 Å². The normalized spacial score (nSPS) is 12.3. The van der Waals surface area contributed by atoms with Gasteiger partial charge in [0.1, 0.15) is 0 Å². The third-order valence-electron chi connectivity index (χ3n) is 4.47. The fourth-order valence-electron chi connectivity index (χ4n) is 3.05. The zero-order valence-corrected chi connectivity index (χ0v) is 16.2. The third-order valence-corrected chi connectivity index (χ3v) is 5.61. The van der Waals surface area contributed by atoms with Crippen molar-refractivity contribution >= 4 is 34.5 Å². The summed E-state index contributed by atoms with van der Waals surface area (Å²) >= 11 is 1.40. The highest BCUT2D eigenvalue weighted by molar-refractivity contribution is 8.00. The van der Waals surface area contributed by atoms with Crippen molar-refractivity contribution in [3.8, 4) is 0 Å². The molecule has 2 aromatic heterocycles. The maximum atomic E-state index is 12.9. The molecule has 7 heteroatoms. The van der Waals surface area contributed by atoms with E-state index in [4.69, 9.17) is 4.74 Å². The molecule has 2 heterocycles. The number of esters is 1. The number of carbonyl (C=O) groups excluding carboxylic acids is 2. The maximum Gasteiger partial charge on any atom is 0.339 e. The molecule has 6 nitrogen and oxygen atoms in total. The van der Waals surface area contributed by atoms with E-state index < -0.39 is 5.97 Å². The number of ketones is 1. The molecule has 3 aromatic rings. The largest absolute Gasteiger partial charge is 0.465 e. The second-order valence-corrected chi connectivity index (χ2v) is 7.49. The Morgan fingerprint density at radius 2 is 1.96 bits per heavy atom. The first-order valence-corrected chi connectivity index (χ1v) is 9.13. The van der Waals surface area contributed by atoms with E-state index in [9.17, 15) is 9.59 Å². The Labute approximate surface area is 155 Å². The molecule has 0 saturated carbocycles. The highest BCUT2D eigenvalue weighted by Gasteiger charge is 2.26. The van der Waals surface area contributed by atoms with Gasteiger partial charge < -0.3 is 14.3 Å². The van der Waals surface area contributed by atoms with Crippen molar-refractivity contribution in [1.82, 2.24) is 14.5 Å². The lowest BCUT2D eigenvalue weighted by atomic mass is 10.1. The monoisotopic (exact) mass is 371 g/mol. The number of nitrogens with zero attached hydrogens (tertiary/aromatic N) is 2. The van der Waals surface area contributed by atoms with Crippen molar-refractivity contribution in [1.29, 1.82) is 0 Å². The number of hydrogen-bond acceptors (Lipinski definition) is 5. The second-order valence-electron chi connectivity index (χ2n) is 6.18. The second kappa shape index (κ2) is 6.99. The molecule has 1 unspecified atom stereocenters. The quantitative estimate of drug-likeness (QED) is 0.421. The van der Waals surface area contributed by atoms with Crippen LogP contribution < -0.4 is 0 Å². The lowest BCUT2D eigenvalue weighted by Crippen LogP contribution is -2.16. The number of para-hydroxylation sites is 2. The maximum absolute atomic E-state index is 12.9. The molecule has 0 aliphatic carbocycles. The van der Waals surface area contributed by atoms with Crippen molar-refractivity contribution in [3.05, 3.63) is 46.8 Å². The van der Waals surface area contributed by atoms with E-state index in [1.807, 2.05) is 42.8 Å². The van der Waals surface area contributed by atoms with Gasteiger partial charge in [-0.05, 0) is 38.5 Å². The van der Waals surface area contributed by atoms with E-state index in [1.54, 1.807) is 13.8 Å². The minimum atomic E-state index is -0.439. The molecule has 3 rings (SSSR count). The number of nitrogens with one attached hydrogen (secondary N) is 1. The number of aromatic amines is 1. The van der Waals surface area contributed by atoms with E-state index in [-0.39, 0.29) is 11.0 Å². The van der Waals surface area contributed by atoms with Gasteiger partial charge in [0.2, 0.25) is 0 Å². The van der Waals surface area contributed by atoms with Crippen LogP contribution in [-0.4, -0.2) is 38.6 Å². The Hall–Kier alpha value is -2.54. The smallest absolute Gasteiger partial charge is 0.339 e. The predicted molar refractivity (Wildman–Crippen MR) is 102 cm³/mol. The Balaban J connectivity index is 1.88. The number of imidazole rings is 1. The highest BCUT2D eigenvalue weighted by atomic mass is 32.2. The van der Waals surface area contributed by atoms with Gasteiger partial charge in [0.05, 0.1) is 34.7 Å². The fraction of sp³-hybridized carbons (Fsp3) is 0.316. The van der Waals surface area contributed by atoms with Gasteiger partial charge in [0, 0.05) is 12.7 Å². The van der Waals surface area contributed by atoms with Crippen LogP contribution in [0.15, 0.2) is 29.4 Å². The number of fused-ring (bicyclic) bond motifs is 1. The van der Waals surface area contributed by atoms with Crippen LogP contribution in [0.25, 0.3) is 11.0 Å². The van der Waals surface area contributed by atoms with Gasteiger partial charge >= 0.3 is 5.97 Å². The van der Waals surface area contributed by atoms with Gasteiger partial charge in [0.25, 0.3) is 0 Å². The van der Waals surface area contributed by atoms with Gasteiger partial charge in [-0.3, -0.25) is 4.79 Å². The van der Waals surface area contributed by atoms with Crippen molar-refractivity contribution in [2.75, 3.05) is 7.11 Å². The summed E-state index contributed by atoms with van der Waals surface area (Å²) < 4.78 is 6.79. The number of benzene rings is 1. The van der Waals surface area contributed by atoms with E-state index in [0.29, 0.717) is 22.5 Å². The van der Waals surface area contributed by atoms with Gasteiger partial charge in [-0.15, -0.1) is 0 Å². The number of carbonyl (C=O) groups is 2. The minimum Gasteiger partial charge on any atom is -0.465 e. The molecule has 1 N–H and O–H groups in total. The van der Waals surface area contributed by atoms with Crippen molar-refractivity contribution in [2.45, 2.75) is 31.2 Å². The topological polar surface area (TPSA) is 77.0 Å². The summed E-state index contributed by atoms with van der Waals surface area (Å²) in [5.41, 5.74) is 4.05. The predicted octanol–water partition coefficient (Wildman–Crippen LogP) is 3.67. The van der Waals surface area contributed by atoms with E-state index in [2.05, 4.69) is 9.97 Å². The molecule has 0 fully saturated rings. The lowest BCUT2D eigenvalue weighted by molar-refractivity contribution is 0.0599. The van der Waals surface area contributed by atoms with Crippen LogP contribution in [0.1, 0.15) is 39.0 Å². The molecule has 136 valence electrons. The van der Waals surface area contributed by atoms with Gasteiger partial charge in [0.15, 0.2) is 10.9 Å². The van der Waals surface area contributed by atoms with Gasteiger partial charge in [-0.25, -0.2) is 9.78 Å². The summed E-state index contributed by atoms with van der Waals surface area (Å²) in [6.45, 7) is 5.37. The molecule has 1 atom stereocenters. The highest BCUT2D eigenvalue weighted by Crippen LogP contribution is 2.29. The summed E-state index contributed by atoms with van der Waals surface area (Å²) in [6, 6.07) is 7.86. The first-order chi connectivity index (χ1) is 12.3. The average molecular weight is 371 g/mol. The van der Waals surface area contributed by atoms with E-state index in [1.165, 1.54) is 18.9 Å². The number of rotatable bonds is 5. The Kier molecular flexibility index (Phi) is 4.91. The fourth-order valence-corrected chi connectivity index (χ4v) is 4.00. The van der Waals surface area contributed by atoms with Crippen LogP contribution in [0.3, 0.4) is 0 Å². The average Bonchev–Trinajstić information content (AvgIpc) is 3.10. The number of aryl methyl sites for hydroxylation is 2. The number of methoxy groups -OCH3 is 1. The molecular formula is C19H21N3O3S. The Morgan fingerprint density at radius 1 is 1.27 bits per heavy atom. The molecule has 0 aliphatic rings. The molecule has 0 aliphatic heterocycles. The molecule has 0 amide bonds. The van der Waals surface area contributed by atoms with Gasteiger partial charge in [-0.1, -0.05) is 23.9 Å². The number of thioether (sulfide) groups is 1. The number of aromatic nitrogens is 3. The number of ether oxygens (including phenoxy) is 1. The Morgan fingerprint density at radius 3 is 2.62 bits per heavy atom. The lowest BCUT2D eigenvalue weighted by Gasteiger charge is -2.10. The Bertz CT molecular complexity index is 1000. The van der Waals surface area contributed by atoms with Crippen LogP contribution in [-0.2, 0) is 11.8 Å². The molecule has 0 saturated heterocycles. The summed E-state index contributed by atoms with van der Waals surface area (Å²) in [6.07, 6.45) is 0. The van der Waals surface area contributed by atoms with Crippen LogP contribution in [0.4, 0.5) is 0 Å². The molecular weight excluding hydrogens is 350 g/mol. The summed E-state index contributed by atoms with van der Waals surface area (Å²) in [4.78, 5) is 32.5. The molecule has 0 radical (unpaired) electrons. The minimum absolute atomic E-state index is 0.0715. The SMILES string of the molecule is COC(=O)c1c(C)[nH]c(C(=O)C(C)Sc2nc3ccccc3n2C)c1C. The van der Waals surface area contributed by atoms with E-state index >= 15 is 0 Å². The first-order valence-electron chi connectivity index (χ1n) is 8.25. The molecule has 26 heavy (non-hydrogen) atoms. The zero-order chi connectivity index (χ0) is 19.0. The molecule has 1 aromatic carbocycles. The van der Waals surface area contributed by atoms with E-state index in [0.717, 1.165) is 16.2 Å². The summed E-state index contributed by atoms with van der Waals surface area (Å²) in [5, 5.41) is 0.425. The summed E-state index contributed by atoms with van der Waals surface area (Å²) in [5.74, 6) is -0.510.